The zero-order valence-corrected chi connectivity index (χ0v) is 6.89. The van der Waals surface area contributed by atoms with Gasteiger partial charge in [-0.25, -0.2) is 4.39 Å². The molecule has 1 nitrogen and oxygen atoms in total. The van der Waals surface area contributed by atoms with Crippen LogP contribution in [-0.2, 0) is 0 Å². The number of nitrogens with two attached hydrogens (primary N) is 1. The Morgan fingerprint density at radius 1 is 1.42 bits per heavy atom. The van der Waals surface area contributed by atoms with E-state index in [1.165, 1.54) is 6.07 Å². The first kappa shape index (κ1) is 8.94. The Bertz CT molecular complexity index is 281. The predicted octanol–water partition coefficient (Wildman–Crippen LogP) is 2.19. The highest BCUT2D eigenvalue weighted by Gasteiger charge is 2.02. The number of hydrogen-bond acceptors (Lipinski definition) is 1. The number of benzene rings is 1. The van der Waals surface area contributed by atoms with Crippen LogP contribution in [0.25, 0.3) is 5.57 Å². The number of hydrogen-bond donors (Lipinski definition) is 1. The van der Waals surface area contributed by atoms with Crippen LogP contribution in [0.2, 0.25) is 0 Å². The summed E-state index contributed by atoms with van der Waals surface area (Å²) in [5, 5.41) is 0. The average molecular weight is 165 g/mol. The molecular formula is C10H12FN. The Morgan fingerprint density at radius 2 is 2.08 bits per heavy atom. The zero-order valence-electron chi connectivity index (χ0n) is 6.89. The van der Waals surface area contributed by atoms with Crippen LogP contribution in [0.3, 0.4) is 0 Å². The number of rotatable bonds is 3. The minimum atomic E-state index is -0.226. The minimum Gasteiger partial charge on any atom is -0.330 e. The molecule has 0 unspecified atom stereocenters. The summed E-state index contributed by atoms with van der Waals surface area (Å²) in [6.45, 7) is 4.26. The van der Waals surface area contributed by atoms with Gasteiger partial charge in [0.2, 0.25) is 0 Å². The highest BCUT2D eigenvalue weighted by atomic mass is 19.1. The van der Waals surface area contributed by atoms with Crippen LogP contribution in [0, 0.1) is 5.82 Å². The van der Waals surface area contributed by atoms with Crippen LogP contribution in [-0.4, -0.2) is 6.54 Å². The molecule has 0 aliphatic rings. The van der Waals surface area contributed by atoms with Crippen molar-refractivity contribution in [3.8, 4) is 0 Å². The van der Waals surface area contributed by atoms with Gasteiger partial charge in [-0.1, -0.05) is 24.8 Å². The van der Waals surface area contributed by atoms with Gasteiger partial charge in [-0.3, -0.25) is 0 Å². The number of halogens is 1. The van der Waals surface area contributed by atoms with E-state index in [0.717, 1.165) is 5.57 Å². The van der Waals surface area contributed by atoms with E-state index in [4.69, 9.17) is 5.73 Å². The van der Waals surface area contributed by atoms with Crippen LogP contribution >= 0.6 is 0 Å². The van der Waals surface area contributed by atoms with Crippen molar-refractivity contribution < 1.29 is 4.39 Å². The molecule has 2 N–H and O–H groups in total. The van der Waals surface area contributed by atoms with E-state index in [0.29, 0.717) is 18.5 Å². The maximum absolute atomic E-state index is 13.1. The van der Waals surface area contributed by atoms with Gasteiger partial charge in [-0.05, 0) is 24.6 Å². The largest absolute Gasteiger partial charge is 0.330 e. The molecule has 0 atom stereocenters. The molecule has 0 saturated heterocycles. The third-order valence-corrected chi connectivity index (χ3v) is 1.70. The molecule has 0 aromatic heterocycles. The highest BCUT2D eigenvalue weighted by molar-refractivity contribution is 5.63. The van der Waals surface area contributed by atoms with Crippen molar-refractivity contribution in [1.29, 1.82) is 0 Å². The van der Waals surface area contributed by atoms with Crippen molar-refractivity contribution in [2.24, 2.45) is 5.73 Å². The summed E-state index contributed by atoms with van der Waals surface area (Å²) in [5.74, 6) is -0.226. The van der Waals surface area contributed by atoms with Gasteiger partial charge in [0, 0.05) is 5.56 Å². The van der Waals surface area contributed by atoms with E-state index in [2.05, 4.69) is 6.58 Å². The van der Waals surface area contributed by atoms with Gasteiger partial charge in [-0.2, -0.15) is 0 Å². The zero-order chi connectivity index (χ0) is 8.97. The maximum atomic E-state index is 13.1. The molecule has 12 heavy (non-hydrogen) atoms. The second-order valence-corrected chi connectivity index (χ2v) is 2.62. The SMILES string of the molecule is C=C(CCN)c1ccccc1F. The molecule has 1 rings (SSSR count). The van der Waals surface area contributed by atoms with E-state index >= 15 is 0 Å². The van der Waals surface area contributed by atoms with Gasteiger partial charge in [0.15, 0.2) is 0 Å². The summed E-state index contributed by atoms with van der Waals surface area (Å²) < 4.78 is 13.1. The Hall–Kier alpha value is -1.15. The van der Waals surface area contributed by atoms with Crippen molar-refractivity contribution in [2.45, 2.75) is 6.42 Å². The summed E-state index contributed by atoms with van der Waals surface area (Å²) in [6, 6.07) is 6.60. The molecular weight excluding hydrogens is 153 g/mol. The molecule has 0 spiro atoms. The Morgan fingerprint density at radius 3 is 2.67 bits per heavy atom. The monoisotopic (exact) mass is 165 g/mol. The van der Waals surface area contributed by atoms with Gasteiger partial charge in [0.1, 0.15) is 5.82 Å². The Labute approximate surface area is 71.7 Å². The lowest BCUT2D eigenvalue weighted by Crippen LogP contribution is -2.00. The quantitative estimate of drug-likeness (QED) is 0.730. The molecule has 1 aromatic rings. The van der Waals surface area contributed by atoms with Crippen LogP contribution in [0.4, 0.5) is 4.39 Å². The van der Waals surface area contributed by atoms with Crippen LogP contribution in [0.5, 0.6) is 0 Å². The van der Waals surface area contributed by atoms with Gasteiger partial charge < -0.3 is 5.73 Å². The van der Waals surface area contributed by atoms with Gasteiger partial charge in [-0.15, -0.1) is 0 Å². The van der Waals surface area contributed by atoms with Crippen molar-refractivity contribution in [2.75, 3.05) is 6.54 Å². The third-order valence-electron chi connectivity index (χ3n) is 1.70. The van der Waals surface area contributed by atoms with Crippen molar-refractivity contribution >= 4 is 5.57 Å². The van der Waals surface area contributed by atoms with Gasteiger partial charge in [0.05, 0.1) is 0 Å². The van der Waals surface area contributed by atoms with Crippen molar-refractivity contribution in [3.05, 3.63) is 42.2 Å². The average Bonchev–Trinajstić information content (AvgIpc) is 2.05. The fourth-order valence-corrected chi connectivity index (χ4v) is 1.06. The summed E-state index contributed by atoms with van der Waals surface area (Å²) in [5.41, 5.74) is 6.67. The second-order valence-electron chi connectivity index (χ2n) is 2.62. The fourth-order valence-electron chi connectivity index (χ4n) is 1.06. The van der Waals surface area contributed by atoms with E-state index < -0.39 is 0 Å². The molecule has 0 radical (unpaired) electrons. The molecule has 0 heterocycles. The molecule has 2 heteroatoms. The highest BCUT2D eigenvalue weighted by Crippen LogP contribution is 2.18. The van der Waals surface area contributed by atoms with E-state index in [9.17, 15) is 4.39 Å². The first-order valence-corrected chi connectivity index (χ1v) is 3.88. The molecule has 64 valence electrons. The van der Waals surface area contributed by atoms with Crippen LogP contribution in [0.15, 0.2) is 30.8 Å². The molecule has 0 amide bonds. The molecule has 0 bridgehead atoms. The molecule has 0 aliphatic heterocycles. The lowest BCUT2D eigenvalue weighted by molar-refractivity contribution is 0.623. The molecule has 0 fully saturated rings. The molecule has 0 aliphatic carbocycles. The lowest BCUT2D eigenvalue weighted by atomic mass is 10.0. The van der Waals surface area contributed by atoms with E-state index in [1.54, 1.807) is 18.2 Å². The van der Waals surface area contributed by atoms with Crippen molar-refractivity contribution in [3.63, 3.8) is 0 Å². The topological polar surface area (TPSA) is 26.0 Å². The first-order valence-electron chi connectivity index (χ1n) is 3.88. The lowest BCUT2D eigenvalue weighted by Gasteiger charge is -2.04. The normalized spacial score (nSPS) is 9.83. The molecule has 0 saturated carbocycles. The van der Waals surface area contributed by atoms with Gasteiger partial charge in [0.25, 0.3) is 0 Å². The fraction of sp³-hybridized carbons (Fsp3) is 0.200. The standard InChI is InChI=1S/C10H12FN/c1-8(6-7-12)9-4-2-3-5-10(9)11/h2-5H,1,6-7,12H2. The first-order chi connectivity index (χ1) is 5.75. The Balaban J connectivity index is 2.87. The summed E-state index contributed by atoms with van der Waals surface area (Å²) in [4.78, 5) is 0. The maximum Gasteiger partial charge on any atom is 0.130 e. The molecule has 1 aromatic carbocycles. The summed E-state index contributed by atoms with van der Waals surface area (Å²) >= 11 is 0. The van der Waals surface area contributed by atoms with Crippen LogP contribution in [0.1, 0.15) is 12.0 Å². The second kappa shape index (κ2) is 4.02. The van der Waals surface area contributed by atoms with Crippen LogP contribution < -0.4 is 5.73 Å². The summed E-state index contributed by atoms with van der Waals surface area (Å²) in [7, 11) is 0. The van der Waals surface area contributed by atoms with Crippen molar-refractivity contribution in [1.82, 2.24) is 0 Å². The predicted molar refractivity (Wildman–Crippen MR) is 49.1 cm³/mol. The smallest absolute Gasteiger partial charge is 0.130 e. The third kappa shape index (κ3) is 1.92. The summed E-state index contributed by atoms with van der Waals surface area (Å²) in [6.07, 6.45) is 0.640. The van der Waals surface area contributed by atoms with Gasteiger partial charge >= 0.3 is 0 Å². The Kier molecular flexibility index (Phi) is 3.00. The van der Waals surface area contributed by atoms with E-state index in [1.807, 2.05) is 0 Å². The van der Waals surface area contributed by atoms with E-state index in [-0.39, 0.29) is 5.82 Å². The minimum absolute atomic E-state index is 0.226.